The van der Waals surface area contributed by atoms with Gasteiger partial charge in [-0.05, 0) is 78.9 Å². The Hall–Kier alpha value is -0.260. The number of rotatable bonds is 2. The maximum Gasteiger partial charge on any atom is -0.0194 e. The summed E-state index contributed by atoms with van der Waals surface area (Å²) in [6.07, 6.45) is 14.5. The fourth-order valence-corrected chi connectivity index (χ4v) is 7.62. The Bertz CT molecular complexity index is 395. The minimum atomic E-state index is 1.01. The molecule has 9 unspecified atom stereocenters. The molecule has 4 fully saturated rings. The van der Waals surface area contributed by atoms with E-state index in [0.29, 0.717) is 0 Å². The highest BCUT2D eigenvalue weighted by Crippen LogP contribution is 2.72. The van der Waals surface area contributed by atoms with Crippen LogP contribution < -0.4 is 0 Å². The molecule has 4 bridgehead atoms. The van der Waals surface area contributed by atoms with Crippen LogP contribution in [-0.2, 0) is 0 Å². The molecule has 0 aromatic heterocycles. The Morgan fingerprint density at radius 1 is 0.833 bits per heavy atom. The summed E-state index contributed by atoms with van der Waals surface area (Å²) in [5.41, 5.74) is 0. The monoisotopic (exact) mass is 242 g/mol. The normalized spacial score (nSPS) is 62.6. The van der Waals surface area contributed by atoms with Gasteiger partial charge in [-0.1, -0.05) is 31.9 Å². The third-order valence-electron chi connectivity index (χ3n) is 7.73. The van der Waals surface area contributed by atoms with Crippen LogP contribution in [0.3, 0.4) is 0 Å². The fraction of sp³-hybridized carbons (Fsp3) is 0.889. The Labute approximate surface area is 111 Å². The van der Waals surface area contributed by atoms with Crippen LogP contribution in [0.2, 0.25) is 0 Å². The van der Waals surface area contributed by atoms with E-state index in [-0.39, 0.29) is 0 Å². The molecule has 0 aromatic carbocycles. The SMILES string of the molecule is CCCC1CCC2C3CC(C12)C1C2C=CC(C2)C31. The van der Waals surface area contributed by atoms with Crippen molar-refractivity contribution in [2.75, 3.05) is 0 Å². The molecule has 0 N–H and O–H groups in total. The lowest BCUT2D eigenvalue weighted by Crippen LogP contribution is -2.36. The van der Waals surface area contributed by atoms with Gasteiger partial charge in [0.25, 0.3) is 0 Å². The molecule has 4 saturated carbocycles. The molecular weight excluding hydrogens is 216 g/mol. The molecule has 0 amide bonds. The number of hydrogen-bond acceptors (Lipinski definition) is 0. The summed E-state index contributed by atoms with van der Waals surface area (Å²) in [7, 11) is 0. The van der Waals surface area contributed by atoms with Gasteiger partial charge in [0.15, 0.2) is 0 Å². The first-order valence-corrected chi connectivity index (χ1v) is 8.56. The molecule has 5 rings (SSSR count). The zero-order valence-electron chi connectivity index (χ0n) is 11.6. The van der Waals surface area contributed by atoms with Gasteiger partial charge in [-0.3, -0.25) is 0 Å². The highest BCUT2D eigenvalue weighted by molar-refractivity contribution is 5.23. The van der Waals surface area contributed by atoms with E-state index in [0.717, 1.165) is 41.4 Å². The molecule has 0 saturated heterocycles. The molecule has 0 nitrogen and oxygen atoms in total. The third kappa shape index (κ3) is 1.06. The topological polar surface area (TPSA) is 0 Å². The van der Waals surface area contributed by atoms with Crippen LogP contribution in [0.15, 0.2) is 12.2 Å². The summed E-state index contributed by atoms with van der Waals surface area (Å²) in [6, 6.07) is 0. The molecule has 98 valence electrons. The van der Waals surface area contributed by atoms with E-state index in [1.165, 1.54) is 24.7 Å². The van der Waals surface area contributed by atoms with Crippen molar-refractivity contribution in [2.45, 2.75) is 45.4 Å². The van der Waals surface area contributed by atoms with E-state index < -0.39 is 0 Å². The van der Waals surface area contributed by atoms with Gasteiger partial charge < -0.3 is 0 Å². The van der Waals surface area contributed by atoms with Crippen LogP contribution in [-0.4, -0.2) is 0 Å². The first kappa shape index (κ1) is 10.5. The predicted molar refractivity (Wildman–Crippen MR) is 73.9 cm³/mol. The molecule has 18 heavy (non-hydrogen) atoms. The number of hydrogen-bond donors (Lipinski definition) is 0. The summed E-state index contributed by atoms with van der Waals surface area (Å²) in [5, 5.41) is 0. The maximum absolute atomic E-state index is 2.60. The molecule has 0 heterocycles. The number of allylic oxidation sites excluding steroid dienone is 2. The average molecular weight is 242 g/mol. The van der Waals surface area contributed by atoms with E-state index in [1.54, 1.807) is 25.7 Å². The highest BCUT2D eigenvalue weighted by atomic mass is 14.7. The van der Waals surface area contributed by atoms with Gasteiger partial charge >= 0.3 is 0 Å². The maximum atomic E-state index is 2.60. The van der Waals surface area contributed by atoms with Gasteiger partial charge in [-0.15, -0.1) is 0 Å². The van der Waals surface area contributed by atoms with Crippen molar-refractivity contribution in [1.82, 2.24) is 0 Å². The van der Waals surface area contributed by atoms with Crippen LogP contribution in [0, 0.1) is 53.3 Å². The minimum Gasteiger partial charge on any atom is -0.0848 e. The quantitative estimate of drug-likeness (QED) is 0.493. The van der Waals surface area contributed by atoms with Crippen molar-refractivity contribution in [3.8, 4) is 0 Å². The van der Waals surface area contributed by atoms with Crippen LogP contribution >= 0.6 is 0 Å². The van der Waals surface area contributed by atoms with E-state index in [4.69, 9.17) is 0 Å². The van der Waals surface area contributed by atoms with Crippen molar-refractivity contribution in [2.24, 2.45) is 53.3 Å². The van der Waals surface area contributed by atoms with Crippen LogP contribution in [0.5, 0.6) is 0 Å². The predicted octanol–water partition coefficient (Wildman–Crippen LogP) is 4.52. The molecule has 0 spiro atoms. The Kier molecular flexibility index (Phi) is 2.01. The molecule has 0 heteroatoms. The Balaban J connectivity index is 1.49. The summed E-state index contributed by atoms with van der Waals surface area (Å²) in [6.45, 7) is 2.39. The van der Waals surface area contributed by atoms with Crippen LogP contribution in [0.1, 0.15) is 45.4 Å². The van der Waals surface area contributed by atoms with Crippen molar-refractivity contribution >= 4 is 0 Å². The van der Waals surface area contributed by atoms with Gasteiger partial charge in [0.1, 0.15) is 0 Å². The second-order valence-corrected chi connectivity index (χ2v) is 8.03. The molecule has 0 aliphatic heterocycles. The lowest BCUT2D eigenvalue weighted by atomic mass is 9.64. The first-order chi connectivity index (χ1) is 8.88. The summed E-state index contributed by atoms with van der Waals surface area (Å²) in [4.78, 5) is 0. The van der Waals surface area contributed by atoms with Gasteiger partial charge in [-0.2, -0.15) is 0 Å². The van der Waals surface area contributed by atoms with Crippen LogP contribution in [0.4, 0.5) is 0 Å². The van der Waals surface area contributed by atoms with Crippen LogP contribution in [0.25, 0.3) is 0 Å². The lowest BCUT2D eigenvalue weighted by molar-refractivity contribution is 0.0844. The zero-order chi connectivity index (χ0) is 11.9. The third-order valence-corrected chi connectivity index (χ3v) is 7.73. The van der Waals surface area contributed by atoms with E-state index in [1.807, 2.05) is 0 Å². The fourth-order valence-electron chi connectivity index (χ4n) is 7.62. The molecule has 9 atom stereocenters. The molecule has 0 radical (unpaired) electrons. The molecular formula is C18H26. The second kappa shape index (κ2) is 3.44. The minimum absolute atomic E-state index is 1.01. The zero-order valence-corrected chi connectivity index (χ0v) is 11.6. The second-order valence-electron chi connectivity index (χ2n) is 8.03. The van der Waals surface area contributed by atoms with Gasteiger partial charge in [-0.25, -0.2) is 0 Å². The number of fused-ring (bicyclic) bond motifs is 12. The molecule has 5 aliphatic carbocycles. The summed E-state index contributed by atoms with van der Waals surface area (Å²) >= 11 is 0. The van der Waals surface area contributed by atoms with Gasteiger partial charge in [0.2, 0.25) is 0 Å². The van der Waals surface area contributed by atoms with Crippen molar-refractivity contribution in [1.29, 1.82) is 0 Å². The van der Waals surface area contributed by atoms with Gasteiger partial charge in [0.05, 0.1) is 0 Å². The van der Waals surface area contributed by atoms with Crippen molar-refractivity contribution in [3.05, 3.63) is 12.2 Å². The lowest BCUT2D eigenvalue weighted by Gasteiger charge is -2.41. The Morgan fingerprint density at radius 3 is 2.39 bits per heavy atom. The van der Waals surface area contributed by atoms with Gasteiger partial charge in [0, 0.05) is 0 Å². The smallest absolute Gasteiger partial charge is 0.0194 e. The van der Waals surface area contributed by atoms with Crippen molar-refractivity contribution < 1.29 is 0 Å². The van der Waals surface area contributed by atoms with E-state index >= 15 is 0 Å². The van der Waals surface area contributed by atoms with E-state index in [2.05, 4.69) is 19.1 Å². The largest absolute Gasteiger partial charge is 0.0848 e. The standard InChI is InChI=1S/C18H26/c1-2-3-10-6-7-13-14-9-15(16(10)13)18-12-5-4-11(8-12)17(14)18/h4-5,10-18H,2-3,6-9H2,1H3. The molecule has 0 aromatic rings. The van der Waals surface area contributed by atoms with E-state index in [9.17, 15) is 0 Å². The van der Waals surface area contributed by atoms with Crippen molar-refractivity contribution in [3.63, 3.8) is 0 Å². The highest BCUT2D eigenvalue weighted by Gasteiger charge is 2.66. The molecule has 5 aliphatic rings. The first-order valence-electron chi connectivity index (χ1n) is 8.56. The Morgan fingerprint density at radius 2 is 1.61 bits per heavy atom. The summed E-state index contributed by atoms with van der Waals surface area (Å²) < 4.78 is 0. The average Bonchev–Trinajstić information content (AvgIpc) is 3.13. The summed E-state index contributed by atoms with van der Waals surface area (Å²) in [5.74, 6) is 10.1.